The number of anilines is 2. The number of halogens is 1. The van der Waals surface area contributed by atoms with Crippen LogP contribution in [0.1, 0.15) is 9.67 Å². The van der Waals surface area contributed by atoms with Crippen LogP contribution in [-0.2, 0) is 0 Å². The van der Waals surface area contributed by atoms with Gasteiger partial charge in [-0.1, -0.05) is 35.9 Å². The van der Waals surface area contributed by atoms with Crippen LogP contribution in [0.25, 0.3) is 32.7 Å². The highest BCUT2D eigenvalue weighted by molar-refractivity contribution is 7.21. The summed E-state index contributed by atoms with van der Waals surface area (Å²) in [6, 6.07) is 17.2. The van der Waals surface area contributed by atoms with Crippen molar-refractivity contribution in [3.8, 4) is 22.5 Å². The van der Waals surface area contributed by atoms with Crippen molar-refractivity contribution in [2.24, 2.45) is 0 Å². The number of thiophene rings is 1. The van der Waals surface area contributed by atoms with Gasteiger partial charge < -0.3 is 5.73 Å². The summed E-state index contributed by atoms with van der Waals surface area (Å²) in [5, 5.41) is 17.2. The number of benzene rings is 2. The average Bonchev–Trinajstić information content (AvgIpc) is 3.44. The predicted molar refractivity (Wildman–Crippen MR) is 137 cm³/mol. The third-order valence-electron chi connectivity index (χ3n) is 5.02. The fourth-order valence-corrected chi connectivity index (χ4v) is 5.17. The Balaban J connectivity index is 1.40. The van der Waals surface area contributed by atoms with Crippen LogP contribution in [0.15, 0.2) is 66.0 Å². The Hall–Kier alpha value is -3.86. The maximum atomic E-state index is 12.9. The molecule has 5 rings (SSSR count). The molecule has 3 aromatic heterocycles. The summed E-state index contributed by atoms with van der Waals surface area (Å²) >= 11 is 8.38. The molecule has 0 aliphatic rings. The number of hydrogen-bond donors (Lipinski definition) is 2. The number of nitrogens with two attached hydrogens (primary N) is 1. The van der Waals surface area contributed by atoms with Crippen molar-refractivity contribution in [1.82, 2.24) is 9.97 Å². The van der Waals surface area contributed by atoms with Gasteiger partial charge in [-0.2, -0.15) is 0 Å². The first-order chi connectivity index (χ1) is 16.4. The van der Waals surface area contributed by atoms with Gasteiger partial charge >= 0.3 is 0 Å². The summed E-state index contributed by atoms with van der Waals surface area (Å²) < 4.78 is 0. The maximum absolute atomic E-state index is 12.9. The second-order valence-corrected chi connectivity index (χ2v) is 9.49. The largest absolute Gasteiger partial charge is 0.397 e. The SMILES string of the molecule is Nc1c(C(=O)Nc2nc(-c3cccc([N+](=O)[O-])c3)cs2)sc2nc(-c3ccc(Cl)cc3)ccc12. The molecule has 0 bridgehead atoms. The number of aromatic nitrogens is 2. The molecule has 34 heavy (non-hydrogen) atoms. The van der Waals surface area contributed by atoms with Crippen molar-refractivity contribution in [3.05, 3.63) is 86.1 Å². The molecule has 0 saturated carbocycles. The van der Waals surface area contributed by atoms with Crippen molar-refractivity contribution in [2.75, 3.05) is 11.1 Å². The number of thiazole rings is 1. The second-order valence-electron chi connectivity index (χ2n) is 7.20. The fourth-order valence-electron chi connectivity index (χ4n) is 3.34. The molecule has 0 fully saturated rings. The lowest BCUT2D eigenvalue weighted by Crippen LogP contribution is -2.11. The van der Waals surface area contributed by atoms with E-state index in [1.54, 1.807) is 29.6 Å². The summed E-state index contributed by atoms with van der Waals surface area (Å²) in [5.41, 5.74) is 9.35. The number of carbonyl (C=O) groups excluding carboxylic acids is 1. The van der Waals surface area contributed by atoms with E-state index in [9.17, 15) is 14.9 Å². The molecule has 1 amide bonds. The highest BCUT2D eigenvalue weighted by Crippen LogP contribution is 2.35. The van der Waals surface area contributed by atoms with Gasteiger partial charge in [0.25, 0.3) is 11.6 Å². The highest BCUT2D eigenvalue weighted by atomic mass is 35.5. The normalized spacial score (nSPS) is 11.0. The topological polar surface area (TPSA) is 124 Å². The van der Waals surface area contributed by atoms with E-state index in [4.69, 9.17) is 17.3 Å². The molecule has 0 atom stereocenters. The second kappa shape index (κ2) is 8.82. The lowest BCUT2D eigenvalue weighted by atomic mass is 10.1. The number of pyridine rings is 1. The molecule has 3 N–H and O–H groups in total. The van der Waals surface area contributed by atoms with Gasteiger partial charge in [0.15, 0.2) is 5.13 Å². The minimum absolute atomic E-state index is 0.0281. The van der Waals surface area contributed by atoms with Crippen LogP contribution in [0.3, 0.4) is 0 Å². The van der Waals surface area contributed by atoms with Crippen molar-refractivity contribution >= 4 is 66.9 Å². The molecule has 2 aromatic carbocycles. The molecule has 0 spiro atoms. The Bertz CT molecular complexity index is 1560. The number of nitrogens with zero attached hydrogens (tertiary/aromatic N) is 3. The van der Waals surface area contributed by atoms with Crippen molar-refractivity contribution in [2.45, 2.75) is 0 Å². The zero-order chi connectivity index (χ0) is 23.8. The van der Waals surface area contributed by atoms with E-state index in [0.717, 1.165) is 11.3 Å². The number of nitro groups is 1. The monoisotopic (exact) mass is 507 g/mol. The first-order valence-corrected chi connectivity index (χ1v) is 11.9. The van der Waals surface area contributed by atoms with Crippen LogP contribution in [0, 0.1) is 10.1 Å². The quantitative estimate of drug-likeness (QED) is 0.207. The van der Waals surface area contributed by atoms with Gasteiger partial charge in [-0.25, -0.2) is 9.97 Å². The van der Waals surface area contributed by atoms with Gasteiger partial charge in [0.05, 0.1) is 22.0 Å². The van der Waals surface area contributed by atoms with Crippen molar-refractivity contribution in [3.63, 3.8) is 0 Å². The number of non-ortho nitro benzene ring substituents is 1. The Labute approximate surface area is 205 Å². The highest BCUT2D eigenvalue weighted by Gasteiger charge is 2.19. The molecule has 0 radical (unpaired) electrons. The fraction of sp³-hybridized carbons (Fsp3) is 0. The van der Waals surface area contributed by atoms with Crippen LogP contribution in [0.5, 0.6) is 0 Å². The average molecular weight is 508 g/mol. The molecule has 11 heteroatoms. The van der Waals surface area contributed by atoms with Crippen LogP contribution >= 0.6 is 34.3 Å². The molecular weight excluding hydrogens is 494 g/mol. The molecule has 8 nitrogen and oxygen atoms in total. The van der Waals surface area contributed by atoms with Crippen LogP contribution in [-0.4, -0.2) is 20.8 Å². The van der Waals surface area contributed by atoms with Gasteiger partial charge in [-0.3, -0.25) is 20.2 Å². The number of rotatable bonds is 5. The van der Waals surface area contributed by atoms with E-state index in [2.05, 4.69) is 15.3 Å². The predicted octanol–water partition coefficient (Wildman–Crippen LogP) is 6.48. The Kier molecular flexibility index (Phi) is 5.70. The molecule has 0 aliphatic carbocycles. The first kappa shape index (κ1) is 22.0. The Morgan fingerprint density at radius 1 is 1.03 bits per heavy atom. The number of amides is 1. The third-order valence-corrected chi connectivity index (χ3v) is 7.14. The van der Waals surface area contributed by atoms with E-state index >= 15 is 0 Å². The summed E-state index contributed by atoms with van der Waals surface area (Å²) in [6.45, 7) is 0. The van der Waals surface area contributed by atoms with E-state index in [1.807, 2.05) is 24.3 Å². The lowest BCUT2D eigenvalue weighted by molar-refractivity contribution is -0.384. The molecule has 0 unspecified atom stereocenters. The van der Waals surface area contributed by atoms with E-state index in [-0.39, 0.29) is 5.69 Å². The number of fused-ring (bicyclic) bond motifs is 1. The molecule has 3 heterocycles. The number of nitrogens with one attached hydrogen (secondary N) is 1. The van der Waals surface area contributed by atoms with Crippen LogP contribution < -0.4 is 11.1 Å². The summed E-state index contributed by atoms with van der Waals surface area (Å²) in [4.78, 5) is 33.5. The van der Waals surface area contributed by atoms with E-state index in [0.29, 0.717) is 42.2 Å². The summed E-state index contributed by atoms with van der Waals surface area (Å²) in [6.07, 6.45) is 0. The number of nitro benzene ring substituents is 1. The number of nitrogen functional groups attached to an aromatic ring is 1. The van der Waals surface area contributed by atoms with Crippen LogP contribution in [0.2, 0.25) is 5.02 Å². The van der Waals surface area contributed by atoms with Gasteiger partial charge in [0.1, 0.15) is 9.71 Å². The van der Waals surface area contributed by atoms with E-state index in [1.165, 1.54) is 34.8 Å². The van der Waals surface area contributed by atoms with Crippen LogP contribution in [0.4, 0.5) is 16.5 Å². The van der Waals surface area contributed by atoms with Gasteiger partial charge in [0, 0.05) is 39.0 Å². The lowest BCUT2D eigenvalue weighted by Gasteiger charge is -2.01. The minimum atomic E-state index is -0.463. The maximum Gasteiger partial charge on any atom is 0.270 e. The third kappa shape index (κ3) is 4.21. The summed E-state index contributed by atoms with van der Waals surface area (Å²) in [5.74, 6) is -0.395. The zero-order valence-corrected chi connectivity index (χ0v) is 19.6. The van der Waals surface area contributed by atoms with Crippen molar-refractivity contribution in [1.29, 1.82) is 0 Å². The van der Waals surface area contributed by atoms with Gasteiger partial charge in [0.2, 0.25) is 0 Å². The number of carbonyl (C=O) groups is 1. The zero-order valence-electron chi connectivity index (χ0n) is 17.2. The van der Waals surface area contributed by atoms with Gasteiger partial charge in [-0.15, -0.1) is 22.7 Å². The van der Waals surface area contributed by atoms with Gasteiger partial charge in [-0.05, 0) is 24.3 Å². The smallest absolute Gasteiger partial charge is 0.270 e. The molecule has 5 aromatic rings. The summed E-state index contributed by atoms with van der Waals surface area (Å²) in [7, 11) is 0. The van der Waals surface area contributed by atoms with E-state index < -0.39 is 10.8 Å². The van der Waals surface area contributed by atoms with Crippen molar-refractivity contribution < 1.29 is 9.72 Å². The standard InChI is InChI=1S/C23H14ClN5O3S2/c24-14-6-4-12(5-7-14)17-9-8-16-19(25)20(34-22(16)26-17)21(30)28-23-27-18(11-33-23)13-2-1-3-15(10-13)29(31)32/h1-11H,25H2,(H,27,28,30). The minimum Gasteiger partial charge on any atom is -0.397 e. The molecule has 0 aliphatic heterocycles. The first-order valence-electron chi connectivity index (χ1n) is 9.86. The Morgan fingerprint density at radius 3 is 2.59 bits per heavy atom. The Morgan fingerprint density at radius 2 is 1.82 bits per heavy atom. The molecule has 168 valence electrons. The molecule has 0 saturated heterocycles. The molecular formula is C23H14ClN5O3S2. The number of hydrogen-bond acceptors (Lipinski definition) is 8.